The molecule has 1 unspecified atom stereocenters. The molecule has 0 saturated carbocycles. The van der Waals surface area contributed by atoms with E-state index in [2.05, 4.69) is 10.6 Å². The quantitative estimate of drug-likeness (QED) is 0.495. The molecule has 0 heterocycles. The zero-order valence-corrected chi connectivity index (χ0v) is 10.0. The third-order valence-corrected chi connectivity index (χ3v) is 2.36. The van der Waals surface area contributed by atoms with E-state index in [0.717, 1.165) is 0 Å². The average molecular weight is 232 g/mol. The molecule has 3 N–H and O–H groups in total. The Balaban J connectivity index is 3.98. The van der Waals surface area contributed by atoms with Crippen LogP contribution in [0.5, 0.6) is 0 Å². The number of nitrogens with one attached hydrogen (secondary N) is 2. The first-order valence-electron chi connectivity index (χ1n) is 5.20. The molecule has 0 aromatic heterocycles. The number of rotatable bonds is 8. The first-order valence-corrected chi connectivity index (χ1v) is 5.20. The van der Waals surface area contributed by atoms with Crippen LogP contribution in [0, 0.1) is 0 Å². The van der Waals surface area contributed by atoms with Gasteiger partial charge in [-0.2, -0.15) is 0 Å². The van der Waals surface area contributed by atoms with Crippen molar-refractivity contribution in [3.8, 4) is 0 Å². The van der Waals surface area contributed by atoms with Crippen molar-refractivity contribution in [3.05, 3.63) is 0 Å². The summed E-state index contributed by atoms with van der Waals surface area (Å²) in [4.78, 5) is 22.3. The molecule has 0 aromatic rings. The highest BCUT2D eigenvalue weighted by Gasteiger charge is 2.32. The number of carboxylic acids is 1. The second-order valence-electron chi connectivity index (χ2n) is 3.71. The van der Waals surface area contributed by atoms with Gasteiger partial charge in [-0.05, 0) is 13.3 Å². The van der Waals surface area contributed by atoms with Crippen LogP contribution in [0.1, 0.15) is 20.3 Å². The molecule has 0 aliphatic carbocycles. The first-order chi connectivity index (χ1) is 7.46. The van der Waals surface area contributed by atoms with Crippen LogP contribution >= 0.6 is 0 Å². The maximum Gasteiger partial charge on any atom is 0.329 e. The Labute approximate surface area is 95.4 Å². The largest absolute Gasteiger partial charge is 0.480 e. The molecule has 0 aliphatic rings. The Hall–Kier alpha value is -1.14. The summed E-state index contributed by atoms with van der Waals surface area (Å²) in [5, 5.41) is 14.3. The van der Waals surface area contributed by atoms with E-state index in [1.807, 2.05) is 0 Å². The van der Waals surface area contributed by atoms with Crippen LogP contribution < -0.4 is 10.6 Å². The molecular weight excluding hydrogens is 212 g/mol. The van der Waals surface area contributed by atoms with Gasteiger partial charge in [0.15, 0.2) is 0 Å². The van der Waals surface area contributed by atoms with E-state index in [1.165, 1.54) is 6.92 Å². The van der Waals surface area contributed by atoms with Crippen molar-refractivity contribution in [3.63, 3.8) is 0 Å². The molecule has 6 nitrogen and oxygen atoms in total. The van der Waals surface area contributed by atoms with Crippen molar-refractivity contribution < 1.29 is 19.4 Å². The van der Waals surface area contributed by atoms with Gasteiger partial charge in [0, 0.05) is 13.7 Å². The molecule has 16 heavy (non-hydrogen) atoms. The second-order valence-corrected chi connectivity index (χ2v) is 3.71. The molecule has 0 aliphatic heterocycles. The van der Waals surface area contributed by atoms with Crippen LogP contribution in [-0.4, -0.2) is 49.3 Å². The zero-order chi connectivity index (χ0) is 12.6. The van der Waals surface area contributed by atoms with Gasteiger partial charge in [0.2, 0.25) is 5.91 Å². The van der Waals surface area contributed by atoms with Crippen LogP contribution in [0.25, 0.3) is 0 Å². The third-order valence-electron chi connectivity index (χ3n) is 2.36. The zero-order valence-electron chi connectivity index (χ0n) is 10.0. The molecule has 0 spiro atoms. The summed E-state index contributed by atoms with van der Waals surface area (Å²) >= 11 is 0. The number of carbonyl (C=O) groups excluding carboxylic acids is 1. The van der Waals surface area contributed by atoms with Gasteiger partial charge < -0.3 is 20.5 Å². The number of carbonyl (C=O) groups is 2. The van der Waals surface area contributed by atoms with Gasteiger partial charge in [0.05, 0.1) is 13.2 Å². The number of hydrogen-bond acceptors (Lipinski definition) is 4. The summed E-state index contributed by atoms with van der Waals surface area (Å²) < 4.78 is 4.80. The van der Waals surface area contributed by atoms with E-state index < -0.39 is 11.5 Å². The molecule has 0 fully saturated rings. The Bertz CT molecular complexity index is 245. The number of carboxylic acid groups (broad SMARTS) is 1. The lowest BCUT2D eigenvalue weighted by atomic mass is 9.99. The number of ether oxygens (including phenoxy) is 1. The van der Waals surface area contributed by atoms with Crippen molar-refractivity contribution in [1.82, 2.24) is 10.6 Å². The Morgan fingerprint density at radius 1 is 1.44 bits per heavy atom. The second kappa shape index (κ2) is 7.19. The maximum atomic E-state index is 11.4. The number of amides is 1. The van der Waals surface area contributed by atoms with Crippen LogP contribution in [-0.2, 0) is 14.3 Å². The molecule has 0 bridgehead atoms. The molecule has 6 heteroatoms. The lowest BCUT2D eigenvalue weighted by Gasteiger charge is -2.24. The van der Waals surface area contributed by atoms with Gasteiger partial charge in [0.25, 0.3) is 0 Å². The van der Waals surface area contributed by atoms with Crippen molar-refractivity contribution >= 4 is 11.9 Å². The highest BCUT2D eigenvalue weighted by Crippen LogP contribution is 2.08. The number of aliphatic carboxylic acids is 1. The fraction of sp³-hybridized carbons (Fsp3) is 0.800. The monoisotopic (exact) mass is 232 g/mol. The van der Waals surface area contributed by atoms with E-state index in [4.69, 9.17) is 9.84 Å². The molecule has 0 rings (SSSR count). The van der Waals surface area contributed by atoms with Crippen molar-refractivity contribution in [1.29, 1.82) is 0 Å². The number of hydrogen-bond donors (Lipinski definition) is 3. The van der Waals surface area contributed by atoms with Crippen LogP contribution in [0.4, 0.5) is 0 Å². The standard InChI is InChI=1S/C10H20N2O4/c1-4-10(2,9(14)15)12-8(13)7-11-5-6-16-3/h11H,4-7H2,1-3H3,(H,12,13)(H,14,15). The van der Waals surface area contributed by atoms with Gasteiger partial charge in [-0.1, -0.05) is 6.92 Å². The van der Waals surface area contributed by atoms with E-state index in [9.17, 15) is 9.59 Å². The van der Waals surface area contributed by atoms with E-state index in [-0.39, 0.29) is 12.5 Å². The van der Waals surface area contributed by atoms with Crippen molar-refractivity contribution in [2.75, 3.05) is 26.8 Å². The predicted octanol–water partition coefficient (Wildman–Crippen LogP) is -0.408. The van der Waals surface area contributed by atoms with E-state index in [1.54, 1.807) is 14.0 Å². The van der Waals surface area contributed by atoms with Crippen LogP contribution in [0.3, 0.4) is 0 Å². The lowest BCUT2D eigenvalue weighted by Crippen LogP contribution is -2.53. The summed E-state index contributed by atoms with van der Waals surface area (Å²) in [5.74, 6) is -1.36. The highest BCUT2D eigenvalue weighted by molar-refractivity contribution is 5.87. The first kappa shape index (κ1) is 14.9. The topological polar surface area (TPSA) is 87.7 Å². The molecule has 94 valence electrons. The summed E-state index contributed by atoms with van der Waals surface area (Å²) in [6.45, 7) is 4.36. The predicted molar refractivity (Wildman–Crippen MR) is 59.2 cm³/mol. The molecule has 0 aromatic carbocycles. The van der Waals surface area contributed by atoms with Crippen LogP contribution in [0.15, 0.2) is 0 Å². The minimum atomic E-state index is -1.19. The Morgan fingerprint density at radius 3 is 2.50 bits per heavy atom. The van der Waals surface area contributed by atoms with Gasteiger partial charge in [-0.3, -0.25) is 4.79 Å². The normalized spacial score (nSPS) is 14.2. The van der Waals surface area contributed by atoms with Crippen molar-refractivity contribution in [2.24, 2.45) is 0 Å². The lowest BCUT2D eigenvalue weighted by molar-refractivity contribution is -0.146. The smallest absolute Gasteiger partial charge is 0.329 e. The fourth-order valence-corrected chi connectivity index (χ4v) is 1.02. The maximum absolute atomic E-state index is 11.4. The van der Waals surface area contributed by atoms with E-state index >= 15 is 0 Å². The summed E-state index contributed by atoms with van der Waals surface area (Å²) in [6, 6.07) is 0. The third kappa shape index (κ3) is 5.09. The Kier molecular flexibility index (Phi) is 6.67. The summed E-state index contributed by atoms with van der Waals surface area (Å²) in [6.07, 6.45) is 0.339. The molecular formula is C10H20N2O4. The van der Waals surface area contributed by atoms with Crippen LogP contribution in [0.2, 0.25) is 0 Å². The van der Waals surface area contributed by atoms with Gasteiger partial charge in [0.1, 0.15) is 5.54 Å². The SMILES string of the molecule is CCC(C)(NC(=O)CNCCOC)C(=O)O. The molecule has 1 amide bonds. The summed E-state index contributed by atoms with van der Waals surface area (Å²) in [7, 11) is 1.57. The number of methoxy groups -OCH3 is 1. The van der Waals surface area contributed by atoms with Crippen molar-refractivity contribution in [2.45, 2.75) is 25.8 Å². The van der Waals surface area contributed by atoms with E-state index in [0.29, 0.717) is 19.6 Å². The minimum Gasteiger partial charge on any atom is -0.480 e. The Morgan fingerprint density at radius 2 is 2.06 bits per heavy atom. The highest BCUT2D eigenvalue weighted by atomic mass is 16.5. The van der Waals surface area contributed by atoms with Gasteiger partial charge in [-0.15, -0.1) is 0 Å². The molecule has 0 saturated heterocycles. The average Bonchev–Trinajstić information content (AvgIpc) is 2.24. The molecule has 0 radical (unpaired) electrons. The molecule has 1 atom stereocenters. The summed E-state index contributed by atoms with van der Waals surface area (Å²) in [5.41, 5.74) is -1.19. The fourth-order valence-electron chi connectivity index (χ4n) is 1.02. The van der Waals surface area contributed by atoms with Gasteiger partial charge >= 0.3 is 5.97 Å². The minimum absolute atomic E-state index is 0.0895. The van der Waals surface area contributed by atoms with Gasteiger partial charge in [-0.25, -0.2) is 4.79 Å².